The second kappa shape index (κ2) is 7.48. The average Bonchev–Trinajstić information content (AvgIpc) is 2.95. The lowest BCUT2D eigenvalue weighted by molar-refractivity contribution is 0.0635. The summed E-state index contributed by atoms with van der Waals surface area (Å²) in [5.41, 5.74) is 3.60. The molecule has 140 valence electrons. The zero-order chi connectivity index (χ0) is 19.6. The Balaban J connectivity index is 1.93. The lowest BCUT2D eigenvalue weighted by Gasteiger charge is -2.19. The largest absolute Gasteiger partial charge is 0.444 e. The molecule has 0 saturated heterocycles. The Bertz CT molecular complexity index is 974. The zero-order valence-corrected chi connectivity index (χ0v) is 17.0. The van der Waals surface area contributed by atoms with Crippen molar-refractivity contribution in [2.45, 2.75) is 40.2 Å². The van der Waals surface area contributed by atoms with Gasteiger partial charge in [0.25, 0.3) is 0 Å². The van der Waals surface area contributed by atoms with E-state index < -0.39 is 11.7 Å². The van der Waals surface area contributed by atoms with Gasteiger partial charge >= 0.3 is 6.09 Å². The number of rotatable bonds is 3. The highest BCUT2D eigenvalue weighted by atomic mass is 32.1. The van der Waals surface area contributed by atoms with E-state index in [2.05, 4.69) is 35.4 Å². The second-order valence-corrected chi connectivity index (χ2v) is 8.54. The average molecular weight is 382 g/mol. The molecule has 5 nitrogen and oxygen atoms in total. The molecule has 27 heavy (non-hydrogen) atoms. The molecule has 2 heterocycles. The quantitative estimate of drug-likeness (QED) is 0.619. The summed E-state index contributed by atoms with van der Waals surface area (Å²) in [7, 11) is 0. The third-order valence-electron chi connectivity index (χ3n) is 3.68. The van der Waals surface area contributed by atoms with Crippen molar-refractivity contribution in [2.24, 2.45) is 0 Å². The van der Waals surface area contributed by atoms with Crippen molar-refractivity contribution >= 4 is 23.2 Å². The molecule has 1 aromatic carbocycles. The van der Waals surface area contributed by atoms with Crippen molar-refractivity contribution in [2.75, 3.05) is 5.32 Å². The summed E-state index contributed by atoms with van der Waals surface area (Å²) in [5.74, 6) is 0.447. The van der Waals surface area contributed by atoms with Crippen LogP contribution in [0.1, 0.15) is 31.3 Å². The summed E-state index contributed by atoms with van der Waals surface area (Å²) in [4.78, 5) is 22.0. The SMILES string of the molecule is Cc1cccc(-c2nc(C)sc2-c2ccnc(NC(=O)OC(C)(C)C)c2)c1. The van der Waals surface area contributed by atoms with E-state index in [4.69, 9.17) is 9.72 Å². The van der Waals surface area contributed by atoms with Crippen molar-refractivity contribution in [3.8, 4) is 21.7 Å². The molecule has 6 heteroatoms. The Morgan fingerprint density at radius 1 is 1.11 bits per heavy atom. The molecular formula is C21H23N3O2S. The fourth-order valence-electron chi connectivity index (χ4n) is 2.66. The van der Waals surface area contributed by atoms with Crippen molar-refractivity contribution in [1.82, 2.24) is 9.97 Å². The molecule has 3 rings (SSSR count). The number of anilines is 1. The van der Waals surface area contributed by atoms with Crippen LogP contribution in [0.15, 0.2) is 42.6 Å². The van der Waals surface area contributed by atoms with Crippen LogP contribution in [0.25, 0.3) is 21.7 Å². The Morgan fingerprint density at radius 2 is 1.89 bits per heavy atom. The highest BCUT2D eigenvalue weighted by molar-refractivity contribution is 7.15. The molecule has 1 amide bonds. The molecule has 0 unspecified atom stereocenters. The van der Waals surface area contributed by atoms with Gasteiger partial charge in [-0.1, -0.05) is 23.8 Å². The van der Waals surface area contributed by atoms with Crippen LogP contribution in [-0.4, -0.2) is 21.7 Å². The number of hydrogen-bond donors (Lipinski definition) is 1. The van der Waals surface area contributed by atoms with Crippen molar-refractivity contribution < 1.29 is 9.53 Å². The van der Waals surface area contributed by atoms with E-state index in [9.17, 15) is 4.79 Å². The lowest BCUT2D eigenvalue weighted by Crippen LogP contribution is -2.27. The summed E-state index contributed by atoms with van der Waals surface area (Å²) >= 11 is 1.62. The standard InChI is InChI=1S/C21H23N3O2S/c1-13-7-6-8-15(11-13)18-19(27-14(2)23-18)16-9-10-22-17(12-16)24-20(25)26-21(3,4)5/h6-12H,1-5H3,(H,22,24,25). The predicted molar refractivity (Wildman–Crippen MR) is 110 cm³/mol. The van der Waals surface area contributed by atoms with Crippen molar-refractivity contribution in [3.05, 3.63) is 53.2 Å². The van der Waals surface area contributed by atoms with Crippen LogP contribution in [0.3, 0.4) is 0 Å². The maximum atomic E-state index is 12.0. The number of ether oxygens (including phenoxy) is 1. The molecule has 0 aliphatic heterocycles. The van der Waals surface area contributed by atoms with Gasteiger partial charge in [-0.3, -0.25) is 5.32 Å². The van der Waals surface area contributed by atoms with E-state index in [1.165, 1.54) is 5.56 Å². The molecule has 0 aliphatic carbocycles. The number of pyridine rings is 1. The highest BCUT2D eigenvalue weighted by Gasteiger charge is 2.18. The van der Waals surface area contributed by atoms with Crippen molar-refractivity contribution in [3.63, 3.8) is 0 Å². The fourth-order valence-corrected chi connectivity index (χ4v) is 3.60. The van der Waals surface area contributed by atoms with E-state index >= 15 is 0 Å². The number of aromatic nitrogens is 2. The summed E-state index contributed by atoms with van der Waals surface area (Å²) in [6.45, 7) is 9.53. The summed E-state index contributed by atoms with van der Waals surface area (Å²) in [6.07, 6.45) is 1.16. The van der Waals surface area contributed by atoms with Gasteiger partial charge in [0.15, 0.2) is 0 Å². The Morgan fingerprint density at radius 3 is 2.59 bits per heavy atom. The van der Waals surface area contributed by atoms with Crippen LogP contribution in [0, 0.1) is 13.8 Å². The molecular weight excluding hydrogens is 358 g/mol. The van der Waals surface area contributed by atoms with Crippen LogP contribution in [0.5, 0.6) is 0 Å². The number of benzene rings is 1. The normalized spacial score (nSPS) is 11.3. The third kappa shape index (κ3) is 4.92. The molecule has 0 radical (unpaired) electrons. The molecule has 3 aromatic rings. The molecule has 2 aromatic heterocycles. The van der Waals surface area contributed by atoms with Crippen LogP contribution >= 0.6 is 11.3 Å². The summed E-state index contributed by atoms with van der Waals surface area (Å²) in [5, 5.41) is 3.68. The number of thiazole rings is 1. The molecule has 0 spiro atoms. The van der Waals surface area contributed by atoms with Gasteiger partial charge in [-0.15, -0.1) is 11.3 Å². The van der Waals surface area contributed by atoms with Crippen molar-refractivity contribution in [1.29, 1.82) is 0 Å². The first-order valence-electron chi connectivity index (χ1n) is 8.72. The first kappa shape index (κ1) is 19.0. The number of amides is 1. The van der Waals surface area contributed by atoms with Crippen LogP contribution in [-0.2, 0) is 4.74 Å². The van der Waals surface area contributed by atoms with E-state index in [0.29, 0.717) is 5.82 Å². The van der Waals surface area contributed by atoms with E-state index in [1.54, 1.807) is 17.5 Å². The minimum atomic E-state index is -0.561. The van der Waals surface area contributed by atoms with Gasteiger partial charge in [0.05, 0.1) is 15.6 Å². The Kier molecular flexibility index (Phi) is 5.28. The van der Waals surface area contributed by atoms with Gasteiger partial charge in [0.2, 0.25) is 0 Å². The lowest BCUT2D eigenvalue weighted by atomic mass is 10.1. The zero-order valence-electron chi connectivity index (χ0n) is 16.2. The van der Waals surface area contributed by atoms with E-state index in [-0.39, 0.29) is 0 Å². The number of hydrogen-bond acceptors (Lipinski definition) is 5. The predicted octanol–water partition coefficient (Wildman–Crippen LogP) is 5.84. The van der Waals surface area contributed by atoms with Gasteiger partial charge in [0, 0.05) is 11.8 Å². The highest BCUT2D eigenvalue weighted by Crippen LogP contribution is 2.37. The number of carbonyl (C=O) groups excluding carboxylic acids is 1. The second-order valence-electron chi connectivity index (χ2n) is 7.34. The number of nitrogens with one attached hydrogen (secondary N) is 1. The van der Waals surface area contributed by atoms with Gasteiger partial charge in [-0.25, -0.2) is 14.8 Å². The topological polar surface area (TPSA) is 64.1 Å². The van der Waals surface area contributed by atoms with Gasteiger partial charge in [-0.05, 0) is 58.4 Å². The smallest absolute Gasteiger partial charge is 0.413 e. The maximum Gasteiger partial charge on any atom is 0.413 e. The first-order valence-corrected chi connectivity index (χ1v) is 9.54. The minimum absolute atomic E-state index is 0.447. The van der Waals surface area contributed by atoms with Gasteiger partial charge in [0.1, 0.15) is 11.4 Å². The van der Waals surface area contributed by atoms with Crippen LogP contribution in [0.4, 0.5) is 10.6 Å². The van der Waals surface area contributed by atoms with Crippen LogP contribution < -0.4 is 5.32 Å². The molecule has 1 N–H and O–H groups in total. The number of aryl methyl sites for hydroxylation is 2. The molecule has 0 fully saturated rings. The number of nitrogens with zero attached hydrogens (tertiary/aromatic N) is 2. The Hall–Kier alpha value is -2.73. The minimum Gasteiger partial charge on any atom is -0.444 e. The molecule has 0 aliphatic rings. The van der Waals surface area contributed by atoms with Gasteiger partial charge in [-0.2, -0.15) is 0 Å². The van der Waals surface area contributed by atoms with E-state index in [0.717, 1.165) is 26.7 Å². The molecule has 0 atom stereocenters. The Labute approximate surface area is 163 Å². The maximum absolute atomic E-state index is 12.0. The fraction of sp³-hybridized carbons (Fsp3) is 0.286. The summed E-state index contributed by atoms with van der Waals surface area (Å²) < 4.78 is 5.30. The monoisotopic (exact) mass is 381 g/mol. The summed E-state index contributed by atoms with van der Waals surface area (Å²) in [6, 6.07) is 12.1. The first-order chi connectivity index (χ1) is 12.7. The molecule has 0 saturated carbocycles. The number of carbonyl (C=O) groups is 1. The molecule has 0 bridgehead atoms. The van der Waals surface area contributed by atoms with E-state index in [1.807, 2.05) is 45.9 Å². The van der Waals surface area contributed by atoms with Crippen LogP contribution in [0.2, 0.25) is 0 Å². The van der Waals surface area contributed by atoms with Gasteiger partial charge < -0.3 is 4.74 Å². The third-order valence-corrected chi connectivity index (χ3v) is 4.70.